The summed E-state index contributed by atoms with van der Waals surface area (Å²) in [5.41, 5.74) is 1.29. The van der Waals surface area contributed by atoms with Crippen molar-refractivity contribution in [3.63, 3.8) is 0 Å². The number of nitrogens with one attached hydrogen (secondary N) is 1. The molecule has 1 N–H and O–H groups in total. The lowest BCUT2D eigenvalue weighted by molar-refractivity contribution is 0.598. The summed E-state index contributed by atoms with van der Waals surface area (Å²) in [6, 6.07) is 1.51. The minimum absolute atomic E-state index is 0.0996. The summed E-state index contributed by atoms with van der Waals surface area (Å²) in [5.74, 6) is -0.424. The first kappa shape index (κ1) is 12.9. The average Bonchev–Trinajstić information content (AvgIpc) is 2.71. The van der Waals surface area contributed by atoms with E-state index in [1.54, 1.807) is 6.26 Å². The molecule has 2 nitrogen and oxygen atoms in total. The number of hydrogen-bond acceptors (Lipinski definition) is 2. The third-order valence-corrected chi connectivity index (χ3v) is 3.37. The van der Waals surface area contributed by atoms with Gasteiger partial charge in [-0.3, -0.25) is 0 Å². The Bertz CT molecular complexity index is 541. The van der Waals surface area contributed by atoms with Gasteiger partial charge in [0.25, 0.3) is 0 Å². The lowest BCUT2D eigenvalue weighted by Crippen LogP contribution is -2.13. The fraction of sp³-hybridized carbons (Fsp3) is 0.333. The molecule has 0 radical (unpaired) electrons. The molecule has 5 heteroatoms. The van der Waals surface area contributed by atoms with E-state index >= 15 is 0 Å². The van der Waals surface area contributed by atoms with Gasteiger partial charge in [0.1, 0.15) is 0 Å². The molecule has 2 rings (SSSR count). The third-order valence-electron chi connectivity index (χ3n) is 2.51. The Morgan fingerprint density at radius 1 is 1.53 bits per heavy atom. The van der Waals surface area contributed by atoms with Crippen LogP contribution in [0.25, 0.3) is 11.0 Å². The van der Waals surface area contributed by atoms with Gasteiger partial charge in [-0.2, -0.15) is 0 Å². The Hall–Kier alpha value is -0.580. The summed E-state index contributed by atoms with van der Waals surface area (Å²) >= 11 is 9.13. The zero-order valence-corrected chi connectivity index (χ0v) is 11.7. The summed E-state index contributed by atoms with van der Waals surface area (Å²) in [4.78, 5) is 0. The molecular weight excluding hydrogens is 308 g/mol. The topological polar surface area (TPSA) is 25.2 Å². The lowest BCUT2D eigenvalue weighted by atomic mass is 10.1. The van der Waals surface area contributed by atoms with Gasteiger partial charge < -0.3 is 9.73 Å². The second-order valence-electron chi connectivity index (χ2n) is 3.80. The first-order valence-corrected chi connectivity index (χ1v) is 6.56. The predicted molar refractivity (Wildman–Crippen MR) is 70.9 cm³/mol. The largest absolute Gasteiger partial charge is 0.463 e. The second kappa shape index (κ2) is 5.38. The van der Waals surface area contributed by atoms with E-state index in [1.165, 1.54) is 6.07 Å². The standard InChI is InChI=1S/C12H12BrClFNO/c1-2-3-16-5-7-6-17-12-8(13)4-9(14)11(15)10(7)12/h4,6,16H,2-3,5H2,1H3. The third kappa shape index (κ3) is 2.49. The monoisotopic (exact) mass is 319 g/mol. The molecular formula is C12H12BrClFNO. The molecule has 2 aromatic rings. The number of halogens is 3. The number of hydrogen-bond donors (Lipinski definition) is 1. The second-order valence-corrected chi connectivity index (χ2v) is 5.06. The molecule has 0 bridgehead atoms. The maximum atomic E-state index is 13.9. The van der Waals surface area contributed by atoms with Gasteiger partial charge in [-0.25, -0.2) is 4.39 Å². The molecule has 17 heavy (non-hydrogen) atoms. The van der Waals surface area contributed by atoms with E-state index in [9.17, 15) is 4.39 Å². The van der Waals surface area contributed by atoms with Crippen LogP contribution in [-0.2, 0) is 6.54 Å². The Kier molecular flexibility index (Phi) is 4.07. The number of furan rings is 1. The lowest BCUT2D eigenvalue weighted by Gasteiger charge is -2.03. The van der Waals surface area contributed by atoms with Crippen LogP contribution in [0, 0.1) is 5.82 Å². The van der Waals surface area contributed by atoms with Crippen LogP contribution in [0.2, 0.25) is 5.02 Å². The molecule has 92 valence electrons. The van der Waals surface area contributed by atoms with Crippen molar-refractivity contribution in [2.75, 3.05) is 6.54 Å². The van der Waals surface area contributed by atoms with Crippen LogP contribution in [0.15, 0.2) is 21.2 Å². The molecule has 0 spiro atoms. The van der Waals surface area contributed by atoms with Crippen LogP contribution in [0.1, 0.15) is 18.9 Å². The van der Waals surface area contributed by atoms with Gasteiger partial charge in [-0.05, 0) is 35.0 Å². The number of benzene rings is 1. The van der Waals surface area contributed by atoms with Crippen molar-refractivity contribution in [3.05, 3.63) is 33.2 Å². The highest BCUT2D eigenvalue weighted by molar-refractivity contribution is 9.10. The summed E-state index contributed by atoms with van der Waals surface area (Å²) in [7, 11) is 0. The van der Waals surface area contributed by atoms with Crippen molar-refractivity contribution >= 4 is 38.5 Å². The Labute approximate surface area is 112 Å². The van der Waals surface area contributed by atoms with Crippen molar-refractivity contribution < 1.29 is 8.81 Å². The molecule has 1 heterocycles. The maximum absolute atomic E-state index is 13.9. The minimum atomic E-state index is -0.424. The summed E-state index contributed by atoms with van der Waals surface area (Å²) in [6.07, 6.45) is 2.60. The molecule has 0 saturated heterocycles. The highest BCUT2D eigenvalue weighted by atomic mass is 79.9. The van der Waals surface area contributed by atoms with Gasteiger partial charge in [0.2, 0.25) is 0 Å². The smallest absolute Gasteiger partial charge is 0.153 e. The summed E-state index contributed by atoms with van der Waals surface area (Å²) in [6.45, 7) is 3.54. The van der Waals surface area contributed by atoms with Crippen molar-refractivity contribution in [2.24, 2.45) is 0 Å². The van der Waals surface area contributed by atoms with Gasteiger partial charge in [0.05, 0.1) is 21.1 Å². The molecule has 0 amide bonds. The van der Waals surface area contributed by atoms with Crippen molar-refractivity contribution in [1.29, 1.82) is 0 Å². The molecule has 1 aromatic carbocycles. The summed E-state index contributed by atoms with van der Waals surface area (Å²) in [5, 5.41) is 3.76. The molecule has 0 aliphatic carbocycles. The van der Waals surface area contributed by atoms with Crippen LogP contribution in [0.4, 0.5) is 4.39 Å². The zero-order valence-electron chi connectivity index (χ0n) is 9.32. The van der Waals surface area contributed by atoms with Gasteiger partial charge in [-0.1, -0.05) is 18.5 Å². The molecule has 0 saturated carbocycles. The Morgan fingerprint density at radius 2 is 2.29 bits per heavy atom. The van der Waals surface area contributed by atoms with E-state index in [2.05, 4.69) is 28.2 Å². The molecule has 0 aliphatic rings. The molecule has 0 fully saturated rings. The quantitative estimate of drug-likeness (QED) is 0.663. The SMILES string of the molecule is CCCNCc1coc2c(Br)cc(Cl)c(F)c12. The Balaban J connectivity index is 2.44. The van der Waals surface area contributed by atoms with Gasteiger partial charge in [0, 0.05) is 12.1 Å². The highest BCUT2D eigenvalue weighted by Crippen LogP contribution is 2.34. The maximum Gasteiger partial charge on any atom is 0.153 e. The predicted octanol–water partition coefficient (Wildman–Crippen LogP) is 4.49. The van der Waals surface area contributed by atoms with E-state index in [0.29, 0.717) is 22.0 Å². The van der Waals surface area contributed by atoms with Crippen molar-refractivity contribution in [2.45, 2.75) is 19.9 Å². The van der Waals surface area contributed by atoms with E-state index in [0.717, 1.165) is 18.5 Å². The van der Waals surface area contributed by atoms with E-state index in [-0.39, 0.29) is 5.02 Å². The number of rotatable bonds is 4. The first-order chi connectivity index (χ1) is 8.15. The van der Waals surface area contributed by atoms with Crippen molar-refractivity contribution in [1.82, 2.24) is 5.32 Å². The zero-order chi connectivity index (χ0) is 12.4. The normalized spacial score (nSPS) is 11.3. The first-order valence-electron chi connectivity index (χ1n) is 5.39. The summed E-state index contributed by atoms with van der Waals surface area (Å²) < 4.78 is 20.0. The van der Waals surface area contributed by atoms with E-state index < -0.39 is 5.82 Å². The molecule has 0 atom stereocenters. The van der Waals surface area contributed by atoms with Crippen LogP contribution >= 0.6 is 27.5 Å². The van der Waals surface area contributed by atoms with Crippen LogP contribution in [-0.4, -0.2) is 6.54 Å². The number of fused-ring (bicyclic) bond motifs is 1. The fourth-order valence-corrected chi connectivity index (χ4v) is 2.56. The van der Waals surface area contributed by atoms with E-state index in [4.69, 9.17) is 16.0 Å². The van der Waals surface area contributed by atoms with Crippen LogP contribution < -0.4 is 5.32 Å². The average molecular weight is 321 g/mol. The van der Waals surface area contributed by atoms with Gasteiger partial charge in [-0.15, -0.1) is 0 Å². The van der Waals surface area contributed by atoms with Gasteiger partial charge in [0.15, 0.2) is 11.4 Å². The molecule has 1 aromatic heterocycles. The molecule has 0 aliphatic heterocycles. The molecule has 0 unspecified atom stereocenters. The van der Waals surface area contributed by atoms with Crippen LogP contribution in [0.5, 0.6) is 0 Å². The minimum Gasteiger partial charge on any atom is -0.463 e. The Morgan fingerprint density at radius 3 is 3.00 bits per heavy atom. The fourth-order valence-electron chi connectivity index (χ4n) is 1.70. The van der Waals surface area contributed by atoms with E-state index in [1.807, 2.05) is 0 Å². The van der Waals surface area contributed by atoms with Crippen molar-refractivity contribution in [3.8, 4) is 0 Å². The highest BCUT2D eigenvalue weighted by Gasteiger charge is 2.16. The van der Waals surface area contributed by atoms with Gasteiger partial charge >= 0.3 is 0 Å². The van der Waals surface area contributed by atoms with Crippen LogP contribution in [0.3, 0.4) is 0 Å².